The average molecular weight is 476 g/mol. The van der Waals surface area contributed by atoms with Gasteiger partial charge < -0.3 is 5.32 Å². The number of nitrogens with zero attached hydrogens (tertiary/aromatic N) is 2. The van der Waals surface area contributed by atoms with Crippen LogP contribution in [-0.4, -0.2) is 27.0 Å². The van der Waals surface area contributed by atoms with Gasteiger partial charge in [-0.2, -0.15) is 0 Å². The van der Waals surface area contributed by atoms with Gasteiger partial charge in [-0.1, -0.05) is 60.3 Å². The fourth-order valence-corrected chi connectivity index (χ4v) is 4.51. The van der Waals surface area contributed by atoms with Crippen molar-refractivity contribution in [3.8, 4) is 5.69 Å². The molecule has 1 N–H and O–H groups in total. The molecule has 0 spiro atoms. The molecule has 0 aliphatic carbocycles. The smallest absolute Gasteiger partial charge is 0.266 e. The predicted octanol–water partition coefficient (Wildman–Crippen LogP) is 4.70. The van der Waals surface area contributed by atoms with Crippen LogP contribution in [0.3, 0.4) is 0 Å². The number of fused-ring (bicyclic) bond motifs is 1. The van der Waals surface area contributed by atoms with E-state index in [0.717, 1.165) is 17.3 Å². The minimum atomic E-state index is -0.557. The van der Waals surface area contributed by atoms with E-state index in [4.69, 9.17) is 0 Å². The molecule has 1 aromatic heterocycles. The van der Waals surface area contributed by atoms with Crippen LogP contribution in [0.1, 0.15) is 35.8 Å². The second-order valence-corrected chi connectivity index (χ2v) is 8.70. The van der Waals surface area contributed by atoms with Crippen LogP contribution in [0.5, 0.6) is 0 Å². The SMILES string of the molecule is CC(=O)NC(C)c1ccc(C(=O)CSc2nc3ccccc3c(=O)n2-c2ccccc2F)cc1. The molecule has 172 valence electrons. The maximum Gasteiger partial charge on any atom is 0.266 e. The van der Waals surface area contributed by atoms with Crippen LogP contribution in [0.2, 0.25) is 0 Å². The number of thioether (sulfide) groups is 1. The molecule has 0 radical (unpaired) electrons. The first-order valence-corrected chi connectivity index (χ1v) is 11.6. The standard InChI is InChI=1S/C26H22FN3O3S/c1-16(28-17(2)31)18-11-13-19(14-12-18)24(32)15-34-26-29-22-9-5-3-7-20(22)25(33)30(26)23-10-6-4-8-21(23)27/h3-14,16H,15H2,1-2H3,(H,28,31). The van der Waals surface area contributed by atoms with E-state index in [-0.39, 0.29) is 34.3 Å². The molecule has 6 nitrogen and oxygen atoms in total. The Bertz CT molecular complexity index is 1430. The Morgan fingerprint density at radius 2 is 1.71 bits per heavy atom. The Morgan fingerprint density at radius 1 is 1.03 bits per heavy atom. The van der Waals surface area contributed by atoms with Crippen LogP contribution >= 0.6 is 11.8 Å². The van der Waals surface area contributed by atoms with Crippen molar-refractivity contribution >= 4 is 34.4 Å². The summed E-state index contributed by atoms with van der Waals surface area (Å²) in [6.45, 7) is 3.31. The first-order chi connectivity index (χ1) is 16.3. The van der Waals surface area contributed by atoms with Gasteiger partial charge in [0.2, 0.25) is 5.91 Å². The minimum absolute atomic E-state index is 0.0137. The molecule has 0 aliphatic heterocycles. The number of rotatable bonds is 7. The zero-order valence-corrected chi connectivity index (χ0v) is 19.4. The highest BCUT2D eigenvalue weighted by Gasteiger charge is 2.18. The van der Waals surface area contributed by atoms with Gasteiger partial charge in [-0.05, 0) is 36.8 Å². The van der Waals surface area contributed by atoms with Crippen molar-refractivity contribution in [3.05, 3.63) is 100 Å². The Kier molecular flexibility index (Phi) is 6.88. The van der Waals surface area contributed by atoms with Crippen molar-refractivity contribution in [1.29, 1.82) is 0 Å². The number of para-hydroxylation sites is 2. The van der Waals surface area contributed by atoms with Crippen LogP contribution < -0.4 is 10.9 Å². The number of amides is 1. The number of nitrogens with one attached hydrogen (secondary N) is 1. The molecular weight excluding hydrogens is 453 g/mol. The molecule has 0 saturated carbocycles. The van der Waals surface area contributed by atoms with E-state index in [9.17, 15) is 18.8 Å². The number of hydrogen-bond acceptors (Lipinski definition) is 5. The molecule has 0 bridgehead atoms. The second-order valence-electron chi connectivity index (χ2n) is 7.76. The molecular formula is C26H22FN3O3S. The summed E-state index contributed by atoms with van der Waals surface area (Å²) in [6.07, 6.45) is 0. The molecule has 1 heterocycles. The first kappa shape index (κ1) is 23.4. The third-order valence-electron chi connectivity index (χ3n) is 5.32. The molecule has 0 saturated heterocycles. The van der Waals surface area contributed by atoms with Crippen molar-refractivity contribution in [1.82, 2.24) is 14.9 Å². The lowest BCUT2D eigenvalue weighted by molar-refractivity contribution is -0.119. The van der Waals surface area contributed by atoms with E-state index < -0.39 is 11.4 Å². The summed E-state index contributed by atoms with van der Waals surface area (Å²) < 4.78 is 15.8. The van der Waals surface area contributed by atoms with Gasteiger partial charge >= 0.3 is 0 Å². The van der Waals surface area contributed by atoms with Crippen molar-refractivity contribution in [3.63, 3.8) is 0 Å². The highest BCUT2D eigenvalue weighted by molar-refractivity contribution is 7.99. The van der Waals surface area contributed by atoms with Crippen molar-refractivity contribution in [2.75, 3.05) is 5.75 Å². The fourth-order valence-electron chi connectivity index (χ4n) is 3.61. The molecule has 3 aromatic carbocycles. The Hall–Kier alpha value is -3.78. The van der Waals surface area contributed by atoms with Crippen molar-refractivity contribution < 1.29 is 14.0 Å². The highest BCUT2D eigenvalue weighted by atomic mass is 32.2. The molecule has 4 rings (SSSR count). The summed E-state index contributed by atoms with van der Waals surface area (Å²) in [5, 5.41) is 3.40. The van der Waals surface area contributed by atoms with Gasteiger partial charge in [0.25, 0.3) is 5.56 Å². The lowest BCUT2D eigenvalue weighted by Gasteiger charge is -2.14. The molecule has 0 fully saturated rings. The lowest BCUT2D eigenvalue weighted by Crippen LogP contribution is -2.23. The minimum Gasteiger partial charge on any atom is -0.350 e. The number of benzene rings is 3. The number of aromatic nitrogens is 2. The number of Topliss-reactive ketones (excluding diaryl/α,β-unsaturated/α-hetero) is 1. The molecule has 1 amide bonds. The van der Waals surface area contributed by atoms with Gasteiger partial charge in [-0.3, -0.25) is 19.0 Å². The second kappa shape index (κ2) is 10.0. The Labute approximate surface area is 199 Å². The fraction of sp³-hybridized carbons (Fsp3) is 0.154. The van der Waals surface area contributed by atoms with Gasteiger partial charge in [-0.25, -0.2) is 9.37 Å². The van der Waals surface area contributed by atoms with E-state index in [2.05, 4.69) is 10.3 Å². The lowest BCUT2D eigenvalue weighted by atomic mass is 10.0. The van der Waals surface area contributed by atoms with Gasteiger partial charge in [0.1, 0.15) is 5.82 Å². The normalized spacial score (nSPS) is 11.9. The maximum absolute atomic E-state index is 14.6. The van der Waals surface area contributed by atoms with E-state index in [1.807, 2.05) is 6.92 Å². The third-order valence-corrected chi connectivity index (χ3v) is 6.26. The average Bonchev–Trinajstić information content (AvgIpc) is 2.83. The number of halogens is 1. The van der Waals surface area contributed by atoms with Gasteiger partial charge in [-0.15, -0.1) is 0 Å². The first-order valence-electron chi connectivity index (χ1n) is 10.6. The molecule has 4 aromatic rings. The van der Waals surface area contributed by atoms with Crippen molar-refractivity contribution in [2.24, 2.45) is 0 Å². The van der Waals surface area contributed by atoms with Crippen LogP contribution in [0.15, 0.2) is 82.7 Å². The number of carbonyl (C=O) groups excluding carboxylic acids is 2. The third kappa shape index (κ3) is 4.92. The topological polar surface area (TPSA) is 81.1 Å². The quantitative estimate of drug-likeness (QED) is 0.238. The van der Waals surface area contributed by atoms with E-state index in [0.29, 0.717) is 16.5 Å². The molecule has 1 unspecified atom stereocenters. The zero-order valence-electron chi connectivity index (χ0n) is 18.6. The van der Waals surface area contributed by atoms with Crippen LogP contribution in [0.25, 0.3) is 16.6 Å². The number of hydrogen-bond donors (Lipinski definition) is 1. The maximum atomic E-state index is 14.6. The van der Waals surface area contributed by atoms with Crippen LogP contribution in [0.4, 0.5) is 4.39 Å². The summed E-state index contributed by atoms with van der Waals surface area (Å²) in [7, 11) is 0. The summed E-state index contributed by atoms with van der Waals surface area (Å²) in [5.41, 5.74) is 1.53. The van der Waals surface area contributed by atoms with E-state index in [1.165, 1.54) is 23.6 Å². The Balaban J connectivity index is 1.63. The van der Waals surface area contributed by atoms with E-state index in [1.54, 1.807) is 60.7 Å². The number of carbonyl (C=O) groups is 2. The summed E-state index contributed by atoms with van der Waals surface area (Å²) in [6, 6.07) is 19.6. The summed E-state index contributed by atoms with van der Waals surface area (Å²) >= 11 is 1.08. The predicted molar refractivity (Wildman–Crippen MR) is 131 cm³/mol. The molecule has 8 heteroatoms. The summed E-state index contributed by atoms with van der Waals surface area (Å²) in [4.78, 5) is 41.9. The van der Waals surface area contributed by atoms with Gasteiger partial charge in [0.05, 0.1) is 28.4 Å². The van der Waals surface area contributed by atoms with Gasteiger partial charge in [0.15, 0.2) is 10.9 Å². The van der Waals surface area contributed by atoms with Crippen LogP contribution in [-0.2, 0) is 4.79 Å². The largest absolute Gasteiger partial charge is 0.350 e. The van der Waals surface area contributed by atoms with E-state index >= 15 is 0 Å². The molecule has 1 atom stereocenters. The van der Waals surface area contributed by atoms with Crippen LogP contribution in [0, 0.1) is 5.82 Å². The van der Waals surface area contributed by atoms with Gasteiger partial charge in [0, 0.05) is 12.5 Å². The molecule has 34 heavy (non-hydrogen) atoms. The highest BCUT2D eigenvalue weighted by Crippen LogP contribution is 2.24. The molecule has 0 aliphatic rings. The zero-order chi connectivity index (χ0) is 24.2. The monoisotopic (exact) mass is 475 g/mol. The van der Waals surface area contributed by atoms with Crippen molar-refractivity contribution in [2.45, 2.75) is 25.0 Å². The number of ketones is 1. The Morgan fingerprint density at radius 3 is 2.41 bits per heavy atom. The summed E-state index contributed by atoms with van der Waals surface area (Å²) in [5.74, 6) is -0.836.